The van der Waals surface area contributed by atoms with Gasteiger partial charge in [0.25, 0.3) is 0 Å². The van der Waals surface area contributed by atoms with Gasteiger partial charge >= 0.3 is 0 Å². The van der Waals surface area contributed by atoms with E-state index in [1.807, 2.05) is 0 Å². The Hall–Kier alpha value is -1.15. The standard InChI is InChI=1S/C25H36NO2P/c1-18-10-9-11-19(21(18)26)20-12-7-8-13-24(20,6)29-22(2,3)16-25(17-23(29,4)5)27-14-15-28-25/h7-13,20H,14-17,26H2,1-6H3. The lowest BCUT2D eigenvalue weighted by Gasteiger charge is -2.62. The molecule has 0 amide bonds. The molecule has 1 aromatic carbocycles. The molecule has 29 heavy (non-hydrogen) atoms. The van der Waals surface area contributed by atoms with Gasteiger partial charge in [-0.2, -0.15) is 0 Å². The van der Waals surface area contributed by atoms with E-state index < -0.39 is 13.7 Å². The maximum Gasteiger partial charge on any atom is 0.170 e. The number of hydrogen-bond donors (Lipinski definition) is 1. The highest BCUT2D eigenvalue weighted by Crippen LogP contribution is 2.77. The molecule has 0 saturated carbocycles. The molecule has 2 atom stereocenters. The van der Waals surface area contributed by atoms with Crippen LogP contribution in [0.5, 0.6) is 0 Å². The van der Waals surface area contributed by atoms with E-state index in [0.717, 1.165) is 24.1 Å². The van der Waals surface area contributed by atoms with E-state index in [4.69, 9.17) is 15.2 Å². The van der Waals surface area contributed by atoms with E-state index in [2.05, 4.69) is 84.0 Å². The largest absolute Gasteiger partial charge is 0.398 e. The van der Waals surface area contributed by atoms with Crippen LogP contribution in [0.15, 0.2) is 42.5 Å². The van der Waals surface area contributed by atoms with Crippen molar-refractivity contribution in [3.8, 4) is 0 Å². The molecule has 0 radical (unpaired) electrons. The Morgan fingerprint density at radius 3 is 2.21 bits per heavy atom. The van der Waals surface area contributed by atoms with Gasteiger partial charge in [-0.1, -0.05) is 85.0 Å². The lowest BCUT2D eigenvalue weighted by Crippen LogP contribution is -2.55. The smallest absolute Gasteiger partial charge is 0.170 e. The Morgan fingerprint density at radius 1 is 0.966 bits per heavy atom. The van der Waals surface area contributed by atoms with Crippen LogP contribution in [0.3, 0.4) is 0 Å². The van der Waals surface area contributed by atoms with E-state index >= 15 is 0 Å². The molecule has 2 fully saturated rings. The Kier molecular flexibility index (Phi) is 5.05. The van der Waals surface area contributed by atoms with E-state index in [-0.39, 0.29) is 21.4 Å². The SMILES string of the molecule is Cc1cccc(C2C=CC=CC2(C)P2C(C)(C)CC3(CC2(C)C)OCCO3)c1N. The molecule has 2 N–H and O–H groups in total. The average Bonchev–Trinajstić information content (AvgIpc) is 3.02. The summed E-state index contributed by atoms with van der Waals surface area (Å²) >= 11 is 0. The molecule has 158 valence electrons. The predicted octanol–water partition coefficient (Wildman–Crippen LogP) is 6.12. The molecule has 2 aliphatic heterocycles. The first kappa shape index (κ1) is 21.1. The summed E-state index contributed by atoms with van der Waals surface area (Å²) in [5.74, 6) is -0.134. The van der Waals surface area contributed by atoms with Crippen molar-refractivity contribution >= 4 is 13.6 Å². The third-order valence-corrected chi connectivity index (χ3v) is 11.2. The summed E-state index contributed by atoms with van der Waals surface area (Å²) < 4.78 is 12.4. The van der Waals surface area contributed by atoms with Crippen molar-refractivity contribution in [2.75, 3.05) is 18.9 Å². The number of allylic oxidation sites excluding steroid dienone is 4. The molecular formula is C25H36NO2P. The summed E-state index contributed by atoms with van der Waals surface area (Å²) in [6.45, 7) is 15.7. The van der Waals surface area contributed by atoms with Crippen LogP contribution in [0.25, 0.3) is 0 Å². The molecule has 3 nitrogen and oxygen atoms in total. The molecule has 1 aromatic rings. The van der Waals surface area contributed by atoms with Crippen LogP contribution in [-0.4, -0.2) is 34.5 Å². The summed E-state index contributed by atoms with van der Waals surface area (Å²) in [7, 11) is -0.439. The van der Waals surface area contributed by atoms with Crippen molar-refractivity contribution in [1.29, 1.82) is 0 Å². The fourth-order valence-electron chi connectivity index (χ4n) is 6.69. The van der Waals surface area contributed by atoms with E-state index in [0.29, 0.717) is 13.2 Å². The topological polar surface area (TPSA) is 44.5 Å². The summed E-state index contributed by atoms with van der Waals surface area (Å²) in [5.41, 5.74) is 9.96. The summed E-state index contributed by atoms with van der Waals surface area (Å²) in [6.07, 6.45) is 11.2. The quantitative estimate of drug-likeness (QED) is 0.469. The van der Waals surface area contributed by atoms with E-state index in [1.165, 1.54) is 5.56 Å². The molecule has 0 aromatic heterocycles. The number of rotatable bonds is 2. The molecule has 4 heteroatoms. The molecule has 4 rings (SSSR count). The first-order valence-corrected chi connectivity index (χ1v) is 12.1. The first-order chi connectivity index (χ1) is 13.5. The van der Waals surface area contributed by atoms with E-state index in [9.17, 15) is 0 Å². The molecule has 2 heterocycles. The van der Waals surface area contributed by atoms with Crippen LogP contribution < -0.4 is 5.73 Å². The highest BCUT2D eigenvalue weighted by molar-refractivity contribution is 7.63. The van der Waals surface area contributed by atoms with Gasteiger partial charge in [-0.15, -0.1) is 0 Å². The van der Waals surface area contributed by atoms with Crippen molar-refractivity contribution in [2.45, 2.75) is 81.6 Å². The van der Waals surface area contributed by atoms with Crippen LogP contribution in [-0.2, 0) is 9.47 Å². The minimum atomic E-state index is -0.439. The van der Waals surface area contributed by atoms with Gasteiger partial charge in [0.1, 0.15) is 0 Å². The van der Waals surface area contributed by atoms with Crippen LogP contribution in [0.4, 0.5) is 5.69 Å². The van der Waals surface area contributed by atoms with Crippen LogP contribution in [0.2, 0.25) is 0 Å². The zero-order valence-electron chi connectivity index (χ0n) is 18.8. The lowest BCUT2D eigenvalue weighted by molar-refractivity contribution is -0.178. The van der Waals surface area contributed by atoms with Gasteiger partial charge < -0.3 is 15.2 Å². The van der Waals surface area contributed by atoms with Crippen molar-refractivity contribution in [1.82, 2.24) is 0 Å². The second-order valence-electron chi connectivity index (χ2n) is 10.4. The third kappa shape index (κ3) is 3.40. The Bertz CT molecular complexity index is 830. The average molecular weight is 414 g/mol. The minimum Gasteiger partial charge on any atom is -0.398 e. The number of nitrogens with two attached hydrogens (primary N) is 1. The zero-order chi connectivity index (χ0) is 21.1. The van der Waals surface area contributed by atoms with Gasteiger partial charge in [-0.25, -0.2) is 0 Å². The molecule has 3 aliphatic rings. The summed E-state index contributed by atoms with van der Waals surface area (Å²) in [5, 5.41) is 0.240. The Labute approximate surface area is 177 Å². The number of hydrogen-bond acceptors (Lipinski definition) is 3. The third-order valence-electron chi connectivity index (χ3n) is 7.08. The van der Waals surface area contributed by atoms with E-state index in [1.54, 1.807) is 0 Å². The van der Waals surface area contributed by atoms with Crippen molar-refractivity contribution in [3.63, 3.8) is 0 Å². The normalized spacial score (nSPS) is 32.7. The molecule has 1 spiro atoms. The molecule has 2 unspecified atom stereocenters. The van der Waals surface area contributed by atoms with Crippen molar-refractivity contribution in [2.24, 2.45) is 0 Å². The van der Waals surface area contributed by atoms with Gasteiger partial charge in [0.15, 0.2) is 5.79 Å². The van der Waals surface area contributed by atoms with Crippen LogP contribution in [0.1, 0.15) is 64.5 Å². The molecule has 1 aliphatic carbocycles. The van der Waals surface area contributed by atoms with Gasteiger partial charge in [0.2, 0.25) is 0 Å². The molecule has 0 bridgehead atoms. The predicted molar refractivity (Wildman–Crippen MR) is 124 cm³/mol. The zero-order valence-corrected chi connectivity index (χ0v) is 19.7. The van der Waals surface area contributed by atoms with Gasteiger partial charge in [0, 0.05) is 29.6 Å². The maximum atomic E-state index is 6.60. The first-order valence-electron chi connectivity index (χ1n) is 10.8. The van der Waals surface area contributed by atoms with Crippen LogP contribution >= 0.6 is 7.92 Å². The fourth-order valence-corrected chi connectivity index (χ4v) is 12.5. The fraction of sp³-hybridized carbons (Fsp3) is 0.600. The van der Waals surface area contributed by atoms with Crippen LogP contribution in [0, 0.1) is 6.92 Å². The second kappa shape index (κ2) is 6.94. The number of ether oxygens (including phenoxy) is 2. The highest BCUT2D eigenvalue weighted by atomic mass is 31.1. The number of aryl methyl sites for hydroxylation is 1. The molecule has 2 saturated heterocycles. The van der Waals surface area contributed by atoms with Gasteiger partial charge in [-0.3, -0.25) is 0 Å². The van der Waals surface area contributed by atoms with Gasteiger partial charge in [-0.05, 0) is 28.4 Å². The van der Waals surface area contributed by atoms with Crippen molar-refractivity contribution in [3.05, 3.63) is 53.6 Å². The number of nitrogen functional groups attached to an aromatic ring is 1. The Balaban J connectivity index is 1.81. The number of anilines is 1. The van der Waals surface area contributed by atoms with Gasteiger partial charge in [0.05, 0.1) is 13.2 Å². The second-order valence-corrected chi connectivity index (χ2v) is 14.5. The highest BCUT2D eigenvalue weighted by Gasteiger charge is 2.61. The molecular weight excluding hydrogens is 377 g/mol. The number of para-hydroxylation sites is 1. The lowest BCUT2D eigenvalue weighted by atomic mass is 9.81. The Morgan fingerprint density at radius 2 is 1.59 bits per heavy atom. The number of benzene rings is 1. The minimum absolute atomic E-state index is 0.0131. The summed E-state index contributed by atoms with van der Waals surface area (Å²) in [6, 6.07) is 6.48. The summed E-state index contributed by atoms with van der Waals surface area (Å²) in [4.78, 5) is 0. The maximum absolute atomic E-state index is 6.60. The van der Waals surface area contributed by atoms with Crippen molar-refractivity contribution < 1.29 is 9.47 Å². The monoisotopic (exact) mass is 413 g/mol.